The molecular formula is C32H37FO9. The molecule has 0 aromatic heterocycles. The van der Waals surface area contributed by atoms with Gasteiger partial charge in [-0.05, 0) is 57.0 Å². The number of esters is 2. The standard InChI is InChI=1S/C32H37FO9/c1-19-15-24(33)28(40-30(34)21-11-8-7-9-12-21)29-25(41-32(3,4)42-29)14-10-13-22-16-23(37-6)17-26(38-18-36-5)27(22)31(35)39-20(19)2/h7-13,15-17,19-20,25,28-29H,14,18H2,1-6H3/b13-10+,24-15+/t19-,20+,25+,28?,29?/m1/s1. The van der Waals surface area contributed by atoms with E-state index in [0.717, 1.165) is 0 Å². The zero-order valence-electron chi connectivity index (χ0n) is 24.6. The summed E-state index contributed by atoms with van der Waals surface area (Å²) < 4.78 is 56.0. The summed E-state index contributed by atoms with van der Waals surface area (Å²) in [7, 11) is 2.97. The van der Waals surface area contributed by atoms with Crippen LogP contribution in [-0.2, 0) is 23.7 Å². The molecule has 0 spiro atoms. The van der Waals surface area contributed by atoms with Crippen molar-refractivity contribution >= 4 is 18.0 Å². The number of rotatable bonds is 6. The van der Waals surface area contributed by atoms with Gasteiger partial charge in [-0.15, -0.1) is 0 Å². The predicted octanol–water partition coefficient (Wildman–Crippen LogP) is 5.88. The molecule has 5 atom stereocenters. The average molecular weight is 585 g/mol. The predicted molar refractivity (Wildman–Crippen MR) is 152 cm³/mol. The third-order valence-electron chi connectivity index (χ3n) is 7.03. The van der Waals surface area contributed by atoms with Crippen molar-refractivity contribution in [2.75, 3.05) is 21.0 Å². The van der Waals surface area contributed by atoms with Crippen LogP contribution in [-0.4, -0.2) is 63.2 Å². The Morgan fingerprint density at radius 1 is 1.10 bits per heavy atom. The lowest BCUT2D eigenvalue weighted by Gasteiger charge is -2.27. The van der Waals surface area contributed by atoms with E-state index >= 15 is 4.39 Å². The van der Waals surface area contributed by atoms with Crippen LogP contribution in [0.4, 0.5) is 4.39 Å². The number of hydrogen-bond donors (Lipinski definition) is 0. The van der Waals surface area contributed by atoms with E-state index in [9.17, 15) is 9.59 Å². The number of methoxy groups -OCH3 is 2. The fourth-order valence-corrected chi connectivity index (χ4v) is 4.80. The van der Waals surface area contributed by atoms with Crippen LogP contribution in [0.5, 0.6) is 11.5 Å². The Bertz CT molecular complexity index is 1320. The Labute approximate surface area is 245 Å². The highest BCUT2D eigenvalue weighted by atomic mass is 19.1. The Kier molecular flexibility index (Phi) is 10.0. The minimum absolute atomic E-state index is 0.108. The maximum atomic E-state index is 16.1. The molecule has 1 saturated heterocycles. The van der Waals surface area contributed by atoms with Crippen LogP contribution in [0, 0.1) is 5.92 Å². The van der Waals surface area contributed by atoms with Gasteiger partial charge in [-0.25, -0.2) is 14.0 Å². The summed E-state index contributed by atoms with van der Waals surface area (Å²) in [5.41, 5.74) is 0.914. The lowest BCUT2D eigenvalue weighted by Crippen LogP contribution is -2.39. The van der Waals surface area contributed by atoms with E-state index in [4.69, 9.17) is 33.2 Å². The molecule has 2 aromatic carbocycles. The first-order valence-electron chi connectivity index (χ1n) is 13.7. The average Bonchev–Trinajstić information content (AvgIpc) is 3.27. The molecule has 4 rings (SSSR count). The number of benzene rings is 2. The molecule has 42 heavy (non-hydrogen) atoms. The van der Waals surface area contributed by atoms with E-state index in [1.807, 2.05) is 0 Å². The summed E-state index contributed by atoms with van der Waals surface area (Å²) in [6.45, 7) is 6.67. The molecular weight excluding hydrogens is 547 g/mol. The molecule has 0 saturated carbocycles. The van der Waals surface area contributed by atoms with E-state index in [0.29, 0.717) is 11.3 Å². The molecule has 1 fully saturated rings. The number of carbonyl (C=O) groups excluding carboxylic acids is 2. The number of fused-ring (bicyclic) bond motifs is 2. The lowest BCUT2D eigenvalue weighted by molar-refractivity contribution is -0.154. The molecule has 0 amide bonds. The second-order valence-corrected chi connectivity index (χ2v) is 10.6. The molecule has 2 aliphatic heterocycles. The van der Waals surface area contributed by atoms with Crippen LogP contribution < -0.4 is 9.47 Å². The van der Waals surface area contributed by atoms with Gasteiger partial charge in [-0.2, -0.15) is 0 Å². The van der Waals surface area contributed by atoms with E-state index in [1.54, 1.807) is 82.3 Å². The van der Waals surface area contributed by atoms with Gasteiger partial charge in [0, 0.05) is 19.1 Å². The second kappa shape index (κ2) is 13.5. The van der Waals surface area contributed by atoms with E-state index in [2.05, 4.69) is 0 Å². The minimum Gasteiger partial charge on any atom is -0.497 e. The molecule has 2 aromatic rings. The number of halogens is 1. The number of hydrogen-bond acceptors (Lipinski definition) is 9. The van der Waals surface area contributed by atoms with Crippen LogP contribution in [0.15, 0.2) is 60.4 Å². The molecule has 2 aliphatic rings. The molecule has 2 unspecified atom stereocenters. The smallest absolute Gasteiger partial charge is 0.342 e. The SMILES string of the molecule is COCOc1cc(OC)cc2c1C(=O)O[C@@H](C)[C@H](C)/C=C(/F)C(OC(=O)c1ccccc1)C1OC(C)(C)O[C@H]1C/C=C/2. The molecule has 226 valence electrons. The molecule has 0 bridgehead atoms. The number of ether oxygens (including phenoxy) is 7. The van der Waals surface area contributed by atoms with Gasteiger partial charge in [-0.1, -0.05) is 37.3 Å². The normalized spacial score (nSPS) is 27.7. The summed E-state index contributed by atoms with van der Waals surface area (Å²) in [6.07, 6.45) is 1.17. The highest BCUT2D eigenvalue weighted by molar-refractivity contribution is 5.97. The molecule has 0 aliphatic carbocycles. The van der Waals surface area contributed by atoms with Crippen molar-refractivity contribution in [3.8, 4) is 11.5 Å². The minimum atomic E-state index is -1.41. The molecule has 10 heteroatoms. The van der Waals surface area contributed by atoms with Crippen molar-refractivity contribution in [3.63, 3.8) is 0 Å². The topological polar surface area (TPSA) is 98.8 Å². The summed E-state index contributed by atoms with van der Waals surface area (Å²) in [5.74, 6) is -3.12. The van der Waals surface area contributed by atoms with Gasteiger partial charge in [0.05, 0.1) is 18.8 Å². The van der Waals surface area contributed by atoms with Crippen LogP contribution in [0.3, 0.4) is 0 Å². The van der Waals surface area contributed by atoms with Crippen LogP contribution >= 0.6 is 0 Å². The molecule has 0 N–H and O–H groups in total. The number of cyclic esters (lactones) is 1. The van der Waals surface area contributed by atoms with Gasteiger partial charge in [0.25, 0.3) is 0 Å². The van der Waals surface area contributed by atoms with Crippen molar-refractivity contribution in [2.24, 2.45) is 5.92 Å². The first kappa shape index (κ1) is 31.2. The highest BCUT2D eigenvalue weighted by Gasteiger charge is 2.48. The fourth-order valence-electron chi connectivity index (χ4n) is 4.80. The van der Waals surface area contributed by atoms with Crippen LogP contribution in [0.25, 0.3) is 6.08 Å². The summed E-state index contributed by atoms with van der Waals surface area (Å²) in [6, 6.07) is 11.6. The fraction of sp³-hybridized carbons (Fsp3) is 0.438. The maximum Gasteiger partial charge on any atom is 0.342 e. The summed E-state index contributed by atoms with van der Waals surface area (Å²) in [4.78, 5) is 26.5. The first-order chi connectivity index (χ1) is 20.0. The summed E-state index contributed by atoms with van der Waals surface area (Å²) in [5, 5.41) is 0. The van der Waals surface area contributed by atoms with Crippen molar-refractivity contribution in [2.45, 2.75) is 64.3 Å². The van der Waals surface area contributed by atoms with Gasteiger partial charge in [0.1, 0.15) is 35.1 Å². The zero-order chi connectivity index (χ0) is 30.4. The van der Waals surface area contributed by atoms with E-state index in [-0.39, 0.29) is 30.1 Å². The third kappa shape index (κ3) is 7.36. The van der Waals surface area contributed by atoms with E-state index in [1.165, 1.54) is 20.3 Å². The van der Waals surface area contributed by atoms with Crippen LogP contribution in [0.2, 0.25) is 0 Å². The van der Waals surface area contributed by atoms with Crippen molar-refractivity contribution < 1.29 is 47.1 Å². The molecule has 0 radical (unpaired) electrons. The van der Waals surface area contributed by atoms with Gasteiger partial charge >= 0.3 is 11.9 Å². The Balaban J connectivity index is 1.78. The van der Waals surface area contributed by atoms with Gasteiger partial charge in [-0.3, -0.25) is 0 Å². The Hall–Kier alpha value is -3.73. The second-order valence-electron chi connectivity index (χ2n) is 10.6. The van der Waals surface area contributed by atoms with Gasteiger partial charge < -0.3 is 33.2 Å². The van der Waals surface area contributed by atoms with Gasteiger partial charge in [0.15, 0.2) is 18.7 Å². The van der Waals surface area contributed by atoms with Gasteiger partial charge in [0.2, 0.25) is 0 Å². The van der Waals surface area contributed by atoms with E-state index < -0.39 is 53.9 Å². The van der Waals surface area contributed by atoms with Crippen LogP contribution in [0.1, 0.15) is 60.4 Å². The molecule has 2 heterocycles. The monoisotopic (exact) mass is 584 g/mol. The quantitative estimate of drug-likeness (QED) is 0.305. The zero-order valence-corrected chi connectivity index (χ0v) is 24.6. The van der Waals surface area contributed by atoms with Crippen molar-refractivity contribution in [1.29, 1.82) is 0 Å². The Morgan fingerprint density at radius 2 is 1.83 bits per heavy atom. The Morgan fingerprint density at radius 3 is 2.52 bits per heavy atom. The van der Waals surface area contributed by atoms with Crippen molar-refractivity contribution in [1.82, 2.24) is 0 Å². The number of carbonyl (C=O) groups is 2. The molecule has 9 nitrogen and oxygen atoms in total. The third-order valence-corrected chi connectivity index (χ3v) is 7.03. The maximum absolute atomic E-state index is 16.1. The lowest BCUT2D eigenvalue weighted by atomic mass is 9.98. The summed E-state index contributed by atoms with van der Waals surface area (Å²) >= 11 is 0. The largest absolute Gasteiger partial charge is 0.497 e. The van der Waals surface area contributed by atoms with Crippen molar-refractivity contribution in [3.05, 3.63) is 77.1 Å². The highest BCUT2D eigenvalue weighted by Crippen LogP contribution is 2.37. The first-order valence-corrected chi connectivity index (χ1v) is 13.7.